The van der Waals surface area contributed by atoms with Crippen molar-refractivity contribution in [2.75, 3.05) is 20.1 Å². The van der Waals surface area contributed by atoms with Gasteiger partial charge in [-0.3, -0.25) is 9.48 Å². The Kier molecular flexibility index (Phi) is 5.38. The van der Waals surface area contributed by atoms with Crippen LogP contribution in [0.15, 0.2) is 53.4 Å². The van der Waals surface area contributed by atoms with Crippen molar-refractivity contribution in [3.8, 4) is 0 Å². The van der Waals surface area contributed by atoms with Gasteiger partial charge >= 0.3 is 0 Å². The molecule has 1 N–H and O–H groups in total. The first-order chi connectivity index (χ1) is 14.0. The van der Waals surface area contributed by atoms with E-state index >= 15 is 0 Å². The second-order valence-corrected chi connectivity index (χ2v) is 9.15. The van der Waals surface area contributed by atoms with Gasteiger partial charge in [-0.15, -0.1) is 0 Å². The highest BCUT2D eigenvalue weighted by Crippen LogP contribution is 2.23. The van der Waals surface area contributed by atoms with Gasteiger partial charge in [0, 0.05) is 25.5 Å². The van der Waals surface area contributed by atoms with Crippen LogP contribution >= 0.6 is 0 Å². The first-order valence-corrected chi connectivity index (χ1v) is 11.2. The van der Waals surface area contributed by atoms with Crippen molar-refractivity contribution < 1.29 is 13.2 Å². The van der Waals surface area contributed by atoms with Crippen LogP contribution in [0.5, 0.6) is 0 Å². The lowest BCUT2D eigenvalue weighted by Crippen LogP contribution is -2.35. The Balaban J connectivity index is 1.60. The Morgan fingerprint density at radius 1 is 1.03 bits per heavy atom. The molecule has 7 nitrogen and oxygen atoms in total. The van der Waals surface area contributed by atoms with Crippen LogP contribution in [0, 0.1) is 0 Å². The van der Waals surface area contributed by atoms with Crippen molar-refractivity contribution in [2.24, 2.45) is 0 Å². The minimum atomic E-state index is -3.44. The van der Waals surface area contributed by atoms with Gasteiger partial charge in [0.1, 0.15) is 0 Å². The molecule has 0 spiro atoms. The fourth-order valence-electron chi connectivity index (χ4n) is 3.73. The van der Waals surface area contributed by atoms with Crippen molar-refractivity contribution >= 4 is 26.8 Å². The van der Waals surface area contributed by atoms with Crippen LogP contribution in [0.1, 0.15) is 35.3 Å². The number of hydrogen-bond acceptors (Lipinski definition) is 4. The summed E-state index contributed by atoms with van der Waals surface area (Å²) in [6.07, 6.45) is 2.91. The summed E-state index contributed by atoms with van der Waals surface area (Å²) < 4.78 is 29.0. The Bertz CT molecular complexity index is 1130. The minimum absolute atomic E-state index is 0.233. The lowest BCUT2D eigenvalue weighted by Gasteiger charge is -2.25. The minimum Gasteiger partial charge on any atom is -0.354 e. The first-order valence-electron chi connectivity index (χ1n) is 9.77. The molecule has 1 saturated heterocycles. The maximum Gasteiger partial charge on any atom is 0.272 e. The van der Waals surface area contributed by atoms with Crippen LogP contribution in [0.3, 0.4) is 0 Å². The molecule has 0 unspecified atom stereocenters. The van der Waals surface area contributed by atoms with Crippen LogP contribution in [0.25, 0.3) is 10.9 Å². The molecule has 4 rings (SSSR count). The molecular weight excluding hydrogens is 388 g/mol. The zero-order valence-electron chi connectivity index (χ0n) is 16.3. The van der Waals surface area contributed by atoms with E-state index < -0.39 is 10.0 Å². The van der Waals surface area contributed by atoms with Gasteiger partial charge in [0.2, 0.25) is 10.0 Å². The number of para-hydroxylation sites is 1. The molecule has 1 aliphatic rings. The quantitative estimate of drug-likeness (QED) is 0.698. The van der Waals surface area contributed by atoms with Crippen molar-refractivity contribution in [2.45, 2.75) is 30.7 Å². The third-order valence-corrected chi connectivity index (χ3v) is 7.22. The van der Waals surface area contributed by atoms with E-state index in [1.54, 1.807) is 28.2 Å². The average molecular weight is 413 g/mol. The van der Waals surface area contributed by atoms with E-state index in [0.717, 1.165) is 35.7 Å². The van der Waals surface area contributed by atoms with E-state index in [1.165, 1.54) is 0 Å². The monoisotopic (exact) mass is 412 g/mol. The van der Waals surface area contributed by atoms with E-state index in [1.807, 2.05) is 36.4 Å². The zero-order chi connectivity index (χ0) is 20.4. The highest BCUT2D eigenvalue weighted by molar-refractivity contribution is 7.89. The predicted octanol–water partition coefficient (Wildman–Crippen LogP) is 2.62. The summed E-state index contributed by atoms with van der Waals surface area (Å²) in [6, 6.07) is 14.5. The number of nitrogens with zero attached hydrogens (tertiary/aromatic N) is 3. The van der Waals surface area contributed by atoms with Crippen LogP contribution in [0.4, 0.5) is 0 Å². The molecule has 0 radical (unpaired) electrons. The molecule has 1 aromatic heterocycles. The lowest BCUT2D eigenvalue weighted by atomic mass is 10.2. The molecule has 8 heteroatoms. The third-order valence-electron chi connectivity index (χ3n) is 5.31. The summed E-state index contributed by atoms with van der Waals surface area (Å²) >= 11 is 0. The molecule has 0 saturated carbocycles. The van der Waals surface area contributed by atoms with Crippen LogP contribution in [0.2, 0.25) is 0 Å². The van der Waals surface area contributed by atoms with E-state index in [9.17, 15) is 13.2 Å². The fraction of sp³-hybridized carbons (Fsp3) is 0.333. The fourth-order valence-corrected chi connectivity index (χ4v) is 5.25. The number of sulfonamides is 1. The van der Waals surface area contributed by atoms with Gasteiger partial charge in [0.25, 0.3) is 5.91 Å². The molecule has 3 aromatic rings. The number of nitrogens with one attached hydrogen (secondary N) is 1. The first kappa shape index (κ1) is 19.6. The van der Waals surface area contributed by atoms with Crippen LogP contribution < -0.4 is 5.32 Å². The highest BCUT2D eigenvalue weighted by Gasteiger charge is 2.25. The largest absolute Gasteiger partial charge is 0.354 e. The van der Waals surface area contributed by atoms with Crippen molar-refractivity contribution in [1.82, 2.24) is 19.4 Å². The van der Waals surface area contributed by atoms with Gasteiger partial charge in [0.15, 0.2) is 5.69 Å². The summed E-state index contributed by atoms with van der Waals surface area (Å²) in [5.41, 5.74) is 2.16. The summed E-state index contributed by atoms with van der Waals surface area (Å²) in [5, 5.41) is 7.89. The second-order valence-electron chi connectivity index (χ2n) is 7.21. The molecule has 29 heavy (non-hydrogen) atoms. The summed E-state index contributed by atoms with van der Waals surface area (Å²) in [7, 11) is -1.86. The lowest BCUT2D eigenvalue weighted by molar-refractivity contribution is 0.0959. The van der Waals surface area contributed by atoms with Crippen LogP contribution in [-0.2, 0) is 16.6 Å². The topological polar surface area (TPSA) is 84.3 Å². The highest BCUT2D eigenvalue weighted by atomic mass is 32.2. The predicted molar refractivity (Wildman–Crippen MR) is 111 cm³/mol. The maximum atomic E-state index is 12.8. The molecule has 1 fully saturated rings. The molecular formula is C21H24N4O3S. The number of benzene rings is 2. The summed E-state index contributed by atoms with van der Waals surface area (Å²) in [6.45, 7) is 1.62. The standard InChI is InChI=1S/C21H24N4O3S/c1-22-21(26)20-18-7-3-4-8-19(18)25(23-20)15-16-9-11-17(12-10-16)29(27,28)24-13-5-2-6-14-24/h3-4,7-12H,2,5-6,13-15H2,1H3,(H,22,26). The number of fused-ring (bicyclic) bond motifs is 1. The molecule has 1 aliphatic heterocycles. The smallest absolute Gasteiger partial charge is 0.272 e. The van der Waals surface area contributed by atoms with Crippen LogP contribution in [-0.4, -0.2) is 48.5 Å². The van der Waals surface area contributed by atoms with E-state index in [2.05, 4.69) is 10.4 Å². The van der Waals surface area contributed by atoms with Gasteiger partial charge < -0.3 is 5.32 Å². The SMILES string of the molecule is CNC(=O)c1nn(Cc2ccc(S(=O)(=O)N3CCCCC3)cc2)c2ccccc12. The number of piperidine rings is 1. The van der Waals surface area contributed by atoms with Gasteiger partial charge in [-0.1, -0.05) is 36.8 Å². The third kappa shape index (κ3) is 3.77. The molecule has 2 heterocycles. The van der Waals surface area contributed by atoms with Crippen molar-refractivity contribution in [3.63, 3.8) is 0 Å². The van der Waals surface area contributed by atoms with Gasteiger partial charge in [-0.2, -0.15) is 9.40 Å². The van der Waals surface area contributed by atoms with E-state index in [0.29, 0.717) is 30.2 Å². The maximum absolute atomic E-state index is 12.8. The number of carbonyl (C=O) groups is 1. The number of rotatable bonds is 5. The number of hydrogen-bond donors (Lipinski definition) is 1. The molecule has 0 bridgehead atoms. The van der Waals surface area contributed by atoms with E-state index in [4.69, 9.17) is 0 Å². The molecule has 2 aromatic carbocycles. The van der Waals surface area contributed by atoms with Gasteiger partial charge in [0.05, 0.1) is 17.0 Å². The number of carbonyl (C=O) groups excluding carboxylic acids is 1. The summed E-state index contributed by atoms with van der Waals surface area (Å²) in [4.78, 5) is 12.5. The zero-order valence-corrected chi connectivity index (χ0v) is 17.2. The van der Waals surface area contributed by atoms with Crippen molar-refractivity contribution in [1.29, 1.82) is 0 Å². The molecule has 152 valence electrons. The van der Waals surface area contributed by atoms with Crippen molar-refractivity contribution in [3.05, 3.63) is 59.8 Å². The molecule has 1 amide bonds. The number of aromatic nitrogens is 2. The molecule has 0 aliphatic carbocycles. The Hall–Kier alpha value is -2.71. The van der Waals surface area contributed by atoms with Gasteiger partial charge in [-0.25, -0.2) is 8.42 Å². The van der Waals surface area contributed by atoms with Gasteiger partial charge in [-0.05, 0) is 36.6 Å². The molecule has 0 atom stereocenters. The average Bonchev–Trinajstić information content (AvgIpc) is 3.13. The summed E-state index contributed by atoms with van der Waals surface area (Å²) in [5.74, 6) is -0.233. The Morgan fingerprint density at radius 2 is 1.72 bits per heavy atom. The Morgan fingerprint density at radius 3 is 2.41 bits per heavy atom. The Labute approximate surface area is 170 Å². The second kappa shape index (κ2) is 7.96. The number of amides is 1. The van der Waals surface area contributed by atoms with E-state index in [-0.39, 0.29) is 5.91 Å². The normalized spacial score (nSPS) is 15.5.